The summed E-state index contributed by atoms with van der Waals surface area (Å²) < 4.78 is 189. The molecule has 0 saturated carbocycles. The summed E-state index contributed by atoms with van der Waals surface area (Å²) in [6.45, 7) is 0. The van der Waals surface area contributed by atoms with E-state index in [-0.39, 0.29) is 5.69 Å². The summed E-state index contributed by atoms with van der Waals surface area (Å²) in [4.78, 5) is 1.00. The number of hydrogen-bond donors (Lipinski definition) is 0. The monoisotopic (exact) mass is 798 g/mol. The lowest BCUT2D eigenvalue weighted by Gasteiger charge is -2.27. The molecule has 0 atom stereocenters. The summed E-state index contributed by atoms with van der Waals surface area (Å²) in [5.74, 6) is 0. The smallest absolute Gasteiger partial charge is 0.143 e. The van der Waals surface area contributed by atoms with Crippen LogP contribution in [0.3, 0.4) is 0 Å². The van der Waals surface area contributed by atoms with Gasteiger partial charge in [-0.1, -0.05) is 157 Å². The van der Waals surface area contributed by atoms with Crippen molar-refractivity contribution < 1.29 is 31.8 Å². The molecule has 3 nitrogen and oxygen atoms in total. The molecule has 0 radical (unpaired) electrons. The fourth-order valence-electron chi connectivity index (χ4n) is 7.88. The summed E-state index contributed by atoms with van der Waals surface area (Å²) in [6, 6.07) is 17.2. The number of para-hydroxylation sites is 3. The number of hydrogen-bond acceptors (Lipinski definition) is 2. The van der Waals surface area contributed by atoms with Crippen LogP contribution in [0.5, 0.6) is 0 Å². The molecule has 0 unspecified atom stereocenters. The summed E-state index contributed by atoms with van der Waals surface area (Å²) >= 11 is 0. The van der Waals surface area contributed by atoms with Gasteiger partial charge in [0.15, 0.2) is 0 Å². The molecule has 0 aliphatic rings. The van der Waals surface area contributed by atoms with E-state index in [2.05, 4.69) is 4.57 Å². The minimum atomic E-state index is -0.917. The highest BCUT2D eigenvalue weighted by atomic mass is 16.3. The lowest BCUT2D eigenvalue weighted by molar-refractivity contribution is 0.670. The highest BCUT2D eigenvalue weighted by Crippen LogP contribution is 2.44. The van der Waals surface area contributed by atoms with E-state index in [0.717, 1.165) is 32.4 Å². The molecule has 2 aromatic heterocycles. The van der Waals surface area contributed by atoms with E-state index in [1.54, 1.807) is 36.4 Å². The van der Waals surface area contributed by atoms with E-state index < -0.39 is 165 Å². The highest BCUT2D eigenvalue weighted by molar-refractivity contribution is 6.12. The molecule has 2 heterocycles. The third kappa shape index (κ3) is 5.98. The van der Waals surface area contributed by atoms with Gasteiger partial charge in [0.1, 0.15) is 11.2 Å². The van der Waals surface area contributed by atoms with Gasteiger partial charge in [0.25, 0.3) is 0 Å². The van der Waals surface area contributed by atoms with Crippen LogP contribution in [0, 0.1) is 0 Å². The van der Waals surface area contributed by atoms with Crippen molar-refractivity contribution in [2.24, 2.45) is 0 Å². The number of benzene rings is 10. The summed E-state index contributed by atoms with van der Waals surface area (Å²) in [5.41, 5.74) is 0.423. The number of nitrogens with zero attached hydrogens (tertiary/aromatic N) is 2. The first-order valence-electron chi connectivity index (χ1n) is 29.2. The number of aromatic nitrogens is 1. The summed E-state index contributed by atoms with van der Waals surface area (Å²) in [6.07, 6.45) is 0. The number of anilines is 3. The zero-order valence-corrected chi connectivity index (χ0v) is 31.7. The molecular weight excluding hydrogens is 741 g/mol. The third-order valence-corrected chi connectivity index (χ3v) is 10.7. The van der Waals surface area contributed by atoms with E-state index in [1.807, 2.05) is 72.8 Å². The highest BCUT2D eigenvalue weighted by Gasteiger charge is 2.21. The first kappa shape index (κ1) is 20.2. The lowest BCUT2D eigenvalue weighted by atomic mass is 9.99. The molecule has 3 heteroatoms. The van der Waals surface area contributed by atoms with Crippen LogP contribution >= 0.6 is 0 Å². The van der Waals surface area contributed by atoms with Gasteiger partial charge in [0.2, 0.25) is 0 Å². The molecule has 10 aromatic carbocycles. The van der Waals surface area contributed by atoms with Crippen molar-refractivity contribution >= 4 is 71.6 Å². The van der Waals surface area contributed by atoms with Gasteiger partial charge in [-0.2, -0.15) is 0 Å². The molecule has 61 heavy (non-hydrogen) atoms. The fraction of sp³-hybridized carbons (Fsp3) is 0. The molecule has 0 amide bonds. The van der Waals surface area contributed by atoms with Gasteiger partial charge in [0.05, 0.1) is 38.4 Å². The van der Waals surface area contributed by atoms with E-state index >= 15 is 0 Å². The topological polar surface area (TPSA) is 21.3 Å². The van der Waals surface area contributed by atoms with Crippen LogP contribution < -0.4 is 4.90 Å². The average molecular weight is 799 g/mol. The normalized spacial score (nSPS) is 16.2. The predicted molar refractivity (Wildman–Crippen MR) is 257 cm³/mol. The molecule has 12 aromatic rings. The Balaban J connectivity index is 1.16. The standard InChI is InChI=1S/C58H38N2O/c1-2-12-39(13-3-1)41-24-30-46(31-25-41)59(47-32-26-42(27-33-47)45-23-22-40-14-4-5-15-44(40)36-45)49-37-53(58-54(38-49)52-18-8-11-21-57(52)61-58)43-28-34-48(35-29-43)60-55-19-9-6-16-50(55)51-17-7-10-20-56(51)60/h1-38H/i1D,2D,3D,4D,5D,12D,13D,14D,15D,22D,23D,24D,25D,26D,27D,30D,31D,32D,33D,36D. The fourth-order valence-corrected chi connectivity index (χ4v) is 7.88. The quantitative estimate of drug-likeness (QED) is 0.160. The van der Waals surface area contributed by atoms with Crippen molar-refractivity contribution in [1.82, 2.24) is 4.57 Å². The molecule has 0 saturated heterocycles. The van der Waals surface area contributed by atoms with Crippen molar-refractivity contribution in [3.63, 3.8) is 0 Å². The molecule has 0 N–H and O–H groups in total. The van der Waals surface area contributed by atoms with Crippen molar-refractivity contribution in [2.45, 2.75) is 0 Å². The maximum atomic E-state index is 9.82. The molecule has 286 valence electrons. The Kier molecular flexibility index (Phi) is 4.74. The van der Waals surface area contributed by atoms with E-state index in [1.165, 1.54) is 0 Å². The second kappa shape index (κ2) is 14.3. The van der Waals surface area contributed by atoms with Gasteiger partial charge in [-0.25, -0.2) is 0 Å². The predicted octanol–water partition coefficient (Wildman–Crippen LogP) is 16.3. The second-order valence-corrected chi connectivity index (χ2v) is 14.2. The third-order valence-electron chi connectivity index (χ3n) is 10.7. The Bertz CT molecular complexity index is 4640. The minimum Gasteiger partial charge on any atom is -0.455 e. The summed E-state index contributed by atoms with van der Waals surface area (Å²) in [7, 11) is 0. The van der Waals surface area contributed by atoms with Crippen LogP contribution in [-0.4, -0.2) is 4.57 Å². The molecule has 0 aliphatic heterocycles. The number of fused-ring (bicyclic) bond motifs is 7. The van der Waals surface area contributed by atoms with Gasteiger partial charge >= 0.3 is 0 Å². The Morgan fingerprint density at radius 2 is 0.967 bits per heavy atom. The Hall–Kier alpha value is -8.14. The van der Waals surface area contributed by atoms with Crippen molar-refractivity contribution in [3.05, 3.63) is 230 Å². The average Bonchev–Trinajstić information content (AvgIpc) is 4.18. The van der Waals surface area contributed by atoms with Gasteiger partial charge < -0.3 is 13.9 Å². The SMILES string of the molecule is [2H]c1c([2H])c([2H])c(-c2c([2H])c([2H])c(N(c3cc(-c4ccc(-n5c6ccccc6c6ccccc65)cc4)c4oc5ccccc5c4c3)c3c([2H])c([2H])c(-c4c([2H])c([2H])c5c([2H])c([2H])c([2H])c([2H])c5c4[2H])c([2H])c3[2H])c([2H])c2[2H])c([2H])c1[2H]. The Morgan fingerprint density at radius 3 is 1.66 bits per heavy atom. The van der Waals surface area contributed by atoms with Gasteiger partial charge in [-0.05, 0) is 111 Å². The van der Waals surface area contributed by atoms with Gasteiger partial charge in [-0.15, -0.1) is 0 Å². The molecule has 0 bridgehead atoms. The van der Waals surface area contributed by atoms with Crippen LogP contribution in [0.15, 0.2) is 234 Å². The van der Waals surface area contributed by atoms with Crippen LogP contribution in [-0.2, 0) is 0 Å². The minimum absolute atomic E-state index is 0.0575. The molecule has 0 fully saturated rings. The maximum Gasteiger partial charge on any atom is 0.143 e. The zero-order valence-electron chi connectivity index (χ0n) is 51.7. The van der Waals surface area contributed by atoms with Crippen molar-refractivity contribution in [1.29, 1.82) is 0 Å². The molecular formula is C58H38N2O. The van der Waals surface area contributed by atoms with Crippen LogP contribution in [0.25, 0.3) is 93.6 Å². The van der Waals surface area contributed by atoms with Crippen LogP contribution in [0.2, 0.25) is 0 Å². The first-order valence-corrected chi connectivity index (χ1v) is 19.2. The van der Waals surface area contributed by atoms with E-state index in [4.69, 9.17) is 19.5 Å². The Labute approximate surface area is 381 Å². The maximum absolute atomic E-state index is 9.82. The Morgan fingerprint density at radius 1 is 0.410 bits per heavy atom. The molecule has 0 spiro atoms. The number of furan rings is 1. The van der Waals surface area contributed by atoms with Crippen molar-refractivity contribution in [3.8, 4) is 39.1 Å². The first-order chi connectivity index (χ1) is 38.6. The van der Waals surface area contributed by atoms with Crippen LogP contribution in [0.4, 0.5) is 17.1 Å². The number of rotatable bonds is 7. The molecule has 0 aliphatic carbocycles. The van der Waals surface area contributed by atoms with E-state index in [9.17, 15) is 12.3 Å². The molecule has 12 rings (SSSR count). The van der Waals surface area contributed by atoms with Gasteiger partial charge in [0, 0.05) is 49.9 Å². The van der Waals surface area contributed by atoms with Crippen molar-refractivity contribution in [2.75, 3.05) is 4.90 Å². The van der Waals surface area contributed by atoms with Gasteiger partial charge in [-0.3, -0.25) is 0 Å². The zero-order chi connectivity index (χ0) is 57.7. The van der Waals surface area contributed by atoms with E-state index in [0.29, 0.717) is 33.1 Å². The summed E-state index contributed by atoms with van der Waals surface area (Å²) in [5, 5.41) is 2.11. The van der Waals surface area contributed by atoms with Crippen LogP contribution in [0.1, 0.15) is 27.4 Å². The largest absolute Gasteiger partial charge is 0.455 e. The lowest BCUT2D eigenvalue weighted by Crippen LogP contribution is -2.10. The second-order valence-electron chi connectivity index (χ2n) is 14.2.